The summed E-state index contributed by atoms with van der Waals surface area (Å²) >= 11 is 0. The van der Waals surface area contributed by atoms with Crippen molar-refractivity contribution in [3.05, 3.63) is 113 Å². The average molecular weight is 357 g/mol. The Morgan fingerprint density at radius 2 is 1.56 bits per heavy atom. The Labute approximate surface area is 165 Å². The number of rotatable bonds is 9. The van der Waals surface area contributed by atoms with Crippen LogP contribution in [0.5, 0.6) is 0 Å². The van der Waals surface area contributed by atoms with Crippen LogP contribution in [0.1, 0.15) is 56.2 Å². The van der Waals surface area contributed by atoms with E-state index in [1.54, 1.807) is 0 Å². The van der Waals surface area contributed by atoms with Gasteiger partial charge in [-0.25, -0.2) is 0 Å². The van der Waals surface area contributed by atoms with Crippen molar-refractivity contribution < 1.29 is 0 Å². The highest BCUT2D eigenvalue weighted by atomic mass is 14.1. The van der Waals surface area contributed by atoms with E-state index in [0.29, 0.717) is 5.92 Å². The van der Waals surface area contributed by atoms with Crippen LogP contribution in [0.4, 0.5) is 0 Å². The van der Waals surface area contributed by atoms with Crippen LogP contribution in [0.2, 0.25) is 0 Å². The zero-order valence-electron chi connectivity index (χ0n) is 17.0. The second kappa shape index (κ2) is 10.5. The maximum Gasteiger partial charge on any atom is -0.00256 e. The molecule has 0 N–H and O–H groups in total. The van der Waals surface area contributed by atoms with Crippen LogP contribution in [0, 0.1) is 0 Å². The monoisotopic (exact) mass is 356 g/mol. The van der Waals surface area contributed by atoms with E-state index in [0.717, 1.165) is 23.1 Å². The lowest BCUT2D eigenvalue weighted by atomic mass is 9.93. The van der Waals surface area contributed by atoms with Crippen LogP contribution in [0.25, 0.3) is 6.08 Å². The van der Waals surface area contributed by atoms with Gasteiger partial charge in [-0.3, -0.25) is 0 Å². The molecule has 0 fully saturated rings. The zero-order chi connectivity index (χ0) is 19.6. The van der Waals surface area contributed by atoms with E-state index in [2.05, 4.69) is 93.8 Å². The van der Waals surface area contributed by atoms with Crippen molar-refractivity contribution in [3.63, 3.8) is 0 Å². The molecule has 0 aliphatic rings. The van der Waals surface area contributed by atoms with Gasteiger partial charge in [-0.15, -0.1) is 0 Å². The van der Waals surface area contributed by atoms with E-state index in [4.69, 9.17) is 0 Å². The summed E-state index contributed by atoms with van der Waals surface area (Å²) in [7, 11) is 0. The summed E-state index contributed by atoms with van der Waals surface area (Å²) in [4.78, 5) is 0. The predicted molar refractivity (Wildman–Crippen MR) is 121 cm³/mol. The van der Waals surface area contributed by atoms with Gasteiger partial charge in [0.25, 0.3) is 0 Å². The number of allylic oxidation sites excluding steroid dienone is 5. The van der Waals surface area contributed by atoms with Gasteiger partial charge in [0, 0.05) is 0 Å². The largest absolute Gasteiger partial charge is 0.0955 e. The van der Waals surface area contributed by atoms with Gasteiger partial charge in [0.2, 0.25) is 0 Å². The minimum Gasteiger partial charge on any atom is -0.0955 e. The molecule has 0 saturated carbocycles. The topological polar surface area (TPSA) is 0 Å². The molecule has 27 heavy (non-hydrogen) atoms. The van der Waals surface area contributed by atoms with E-state index < -0.39 is 0 Å². The Kier molecular flexibility index (Phi) is 8.07. The summed E-state index contributed by atoms with van der Waals surface area (Å²) in [5.74, 6) is 0.666. The minimum atomic E-state index is 0.666. The van der Waals surface area contributed by atoms with Crippen LogP contribution in [-0.2, 0) is 6.42 Å². The molecule has 0 amide bonds. The lowest BCUT2D eigenvalue weighted by Gasteiger charge is -2.12. The second-order valence-electron chi connectivity index (χ2n) is 7.17. The maximum absolute atomic E-state index is 4.28. The zero-order valence-corrected chi connectivity index (χ0v) is 17.0. The molecule has 0 aliphatic carbocycles. The molecule has 0 heterocycles. The summed E-state index contributed by atoms with van der Waals surface area (Å²) in [6.45, 7) is 15.0. The Bertz CT molecular complexity index is 797. The number of hydrogen-bond acceptors (Lipinski definition) is 0. The highest BCUT2D eigenvalue weighted by Crippen LogP contribution is 2.24. The van der Waals surface area contributed by atoms with Gasteiger partial charge in [0.05, 0.1) is 0 Å². The molecule has 0 aromatic heterocycles. The van der Waals surface area contributed by atoms with Crippen LogP contribution < -0.4 is 0 Å². The maximum atomic E-state index is 4.28. The molecule has 2 aromatic rings. The van der Waals surface area contributed by atoms with Crippen LogP contribution >= 0.6 is 0 Å². The fraction of sp³-hybridized carbons (Fsp3) is 0.259. The summed E-state index contributed by atoms with van der Waals surface area (Å²) in [6.07, 6.45) is 9.61. The third-order valence-electron chi connectivity index (χ3n) is 5.05. The molecule has 0 spiro atoms. The summed E-state index contributed by atoms with van der Waals surface area (Å²) in [5, 5.41) is 0. The summed E-state index contributed by atoms with van der Waals surface area (Å²) in [5.41, 5.74) is 7.20. The molecule has 0 saturated heterocycles. The van der Waals surface area contributed by atoms with Crippen LogP contribution in [0.3, 0.4) is 0 Å². The standard InChI is InChI=1S/C27H32/c1-6-25(7-2)26-18-16-23(17-19-26)14-11-15-27(21(3)4)22(5)20-24-12-9-8-10-13-24/h8-19,25H,3,5-7,20H2,1-2,4H3. The lowest BCUT2D eigenvalue weighted by molar-refractivity contribution is 0.642. The summed E-state index contributed by atoms with van der Waals surface area (Å²) in [6, 6.07) is 19.4. The molecule has 0 radical (unpaired) electrons. The molecule has 0 atom stereocenters. The minimum absolute atomic E-state index is 0.666. The molecule has 0 nitrogen and oxygen atoms in total. The lowest BCUT2D eigenvalue weighted by Crippen LogP contribution is -1.95. The van der Waals surface area contributed by atoms with Crippen molar-refractivity contribution in [1.82, 2.24) is 0 Å². The van der Waals surface area contributed by atoms with Crippen molar-refractivity contribution in [3.8, 4) is 0 Å². The Morgan fingerprint density at radius 1 is 0.926 bits per heavy atom. The van der Waals surface area contributed by atoms with Gasteiger partial charge < -0.3 is 0 Å². The third-order valence-corrected chi connectivity index (χ3v) is 5.05. The molecular weight excluding hydrogens is 324 g/mol. The number of benzene rings is 2. The first-order valence-corrected chi connectivity index (χ1v) is 9.91. The average Bonchev–Trinajstić information content (AvgIpc) is 2.67. The first-order chi connectivity index (χ1) is 13.0. The van der Waals surface area contributed by atoms with Crippen LogP contribution in [-0.4, -0.2) is 0 Å². The van der Waals surface area contributed by atoms with Crippen molar-refractivity contribution in [1.29, 1.82) is 0 Å². The normalized spacial score (nSPS) is 11.9. The third kappa shape index (κ3) is 6.25. The summed E-state index contributed by atoms with van der Waals surface area (Å²) < 4.78 is 0. The molecule has 2 aromatic carbocycles. The Morgan fingerprint density at radius 3 is 2.11 bits per heavy atom. The van der Waals surface area contributed by atoms with Gasteiger partial charge in [0.15, 0.2) is 0 Å². The van der Waals surface area contributed by atoms with E-state index in [1.807, 2.05) is 13.0 Å². The SMILES string of the molecule is C=C(C)C(=CC=Cc1ccc(C(CC)CC)cc1)C(=C)Cc1ccccc1. The highest BCUT2D eigenvalue weighted by Gasteiger charge is 2.06. The van der Waals surface area contributed by atoms with Gasteiger partial charge >= 0.3 is 0 Å². The Hall–Kier alpha value is -2.60. The van der Waals surface area contributed by atoms with Gasteiger partial charge in [-0.1, -0.05) is 105 Å². The van der Waals surface area contributed by atoms with E-state index in [9.17, 15) is 0 Å². The molecule has 0 heteroatoms. The van der Waals surface area contributed by atoms with Crippen molar-refractivity contribution in [2.75, 3.05) is 0 Å². The molecule has 2 rings (SSSR count). The smallest absolute Gasteiger partial charge is 0.00256 e. The predicted octanol–water partition coefficient (Wildman–Crippen LogP) is 7.90. The van der Waals surface area contributed by atoms with Gasteiger partial charge in [-0.2, -0.15) is 0 Å². The molecule has 140 valence electrons. The molecular formula is C27H32. The molecule has 0 bridgehead atoms. The van der Waals surface area contributed by atoms with Gasteiger partial charge in [0.1, 0.15) is 0 Å². The molecule has 0 aliphatic heterocycles. The first-order valence-electron chi connectivity index (χ1n) is 9.91. The van der Waals surface area contributed by atoms with Crippen molar-refractivity contribution in [2.24, 2.45) is 0 Å². The second-order valence-corrected chi connectivity index (χ2v) is 7.17. The molecule has 0 unspecified atom stereocenters. The van der Waals surface area contributed by atoms with Gasteiger partial charge in [-0.05, 0) is 59.9 Å². The Balaban J connectivity index is 2.09. The fourth-order valence-corrected chi connectivity index (χ4v) is 3.39. The highest BCUT2D eigenvalue weighted by molar-refractivity contribution is 5.55. The van der Waals surface area contributed by atoms with Crippen molar-refractivity contribution >= 4 is 6.08 Å². The van der Waals surface area contributed by atoms with E-state index >= 15 is 0 Å². The quantitative estimate of drug-likeness (QED) is 0.400. The number of hydrogen-bond donors (Lipinski definition) is 0. The van der Waals surface area contributed by atoms with Crippen LogP contribution in [0.15, 0.2) is 96.6 Å². The fourth-order valence-electron chi connectivity index (χ4n) is 3.39. The van der Waals surface area contributed by atoms with E-state index in [-0.39, 0.29) is 0 Å². The first kappa shape index (κ1) is 20.7. The van der Waals surface area contributed by atoms with Crippen molar-refractivity contribution in [2.45, 2.75) is 46.0 Å². The van der Waals surface area contributed by atoms with E-state index in [1.165, 1.54) is 29.5 Å².